The fourth-order valence-corrected chi connectivity index (χ4v) is 3.78. The second kappa shape index (κ2) is 9.61. The molecule has 1 fully saturated rings. The third-order valence-corrected chi connectivity index (χ3v) is 5.23. The van der Waals surface area contributed by atoms with Crippen molar-refractivity contribution in [3.63, 3.8) is 0 Å². The van der Waals surface area contributed by atoms with E-state index in [4.69, 9.17) is 9.47 Å². The van der Waals surface area contributed by atoms with E-state index in [2.05, 4.69) is 4.98 Å². The number of likely N-dealkylation sites (tertiary alicyclic amines) is 1. The SMILES string of the molecule is COc1cccc([C@H]2/C(=C(\O)c3ccncc3)C(=O)C(=O)N2CCCN(C)C)c1OC. The average molecular weight is 425 g/mol. The monoisotopic (exact) mass is 425 g/mol. The van der Waals surface area contributed by atoms with E-state index in [1.54, 1.807) is 30.3 Å². The van der Waals surface area contributed by atoms with Gasteiger partial charge in [-0.3, -0.25) is 14.6 Å². The highest BCUT2D eigenvalue weighted by Gasteiger charge is 2.47. The first-order chi connectivity index (χ1) is 14.9. The first kappa shape index (κ1) is 22.3. The normalized spacial score (nSPS) is 18.0. The Morgan fingerprint density at radius 1 is 1.13 bits per heavy atom. The van der Waals surface area contributed by atoms with Gasteiger partial charge in [0.05, 0.1) is 25.8 Å². The summed E-state index contributed by atoms with van der Waals surface area (Å²) in [6.07, 6.45) is 3.70. The maximum Gasteiger partial charge on any atom is 0.295 e. The van der Waals surface area contributed by atoms with E-state index in [-0.39, 0.29) is 11.3 Å². The fourth-order valence-electron chi connectivity index (χ4n) is 3.78. The number of Topliss-reactive ketones (excluding diaryl/α,β-unsaturated/α-hetero) is 1. The van der Waals surface area contributed by atoms with Gasteiger partial charge in [0.25, 0.3) is 11.7 Å². The van der Waals surface area contributed by atoms with Crippen LogP contribution in [-0.2, 0) is 9.59 Å². The van der Waals surface area contributed by atoms with E-state index in [1.807, 2.05) is 19.0 Å². The largest absolute Gasteiger partial charge is 0.507 e. The molecule has 0 bridgehead atoms. The molecule has 1 saturated heterocycles. The Morgan fingerprint density at radius 2 is 1.84 bits per heavy atom. The molecule has 1 aliphatic heterocycles. The smallest absolute Gasteiger partial charge is 0.295 e. The van der Waals surface area contributed by atoms with Crippen molar-refractivity contribution in [1.29, 1.82) is 0 Å². The third kappa shape index (κ3) is 4.39. The summed E-state index contributed by atoms with van der Waals surface area (Å²) in [5.74, 6) is -0.734. The first-order valence-electron chi connectivity index (χ1n) is 9.95. The summed E-state index contributed by atoms with van der Waals surface area (Å²) in [7, 11) is 6.91. The van der Waals surface area contributed by atoms with Crippen molar-refractivity contribution in [1.82, 2.24) is 14.8 Å². The molecule has 0 aliphatic carbocycles. The number of hydrogen-bond donors (Lipinski definition) is 1. The highest BCUT2D eigenvalue weighted by molar-refractivity contribution is 6.46. The van der Waals surface area contributed by atoms with E-state index in [0.29, 0.717) is 35.6 Å². The predicted octanol–water partition coefficient (Wildman–Crippen LogP) is 2.47. The quantitative estimate of drug-likeness (QED) is 0.395. The molecule has 31 heavy (non-hydrogen) atoms. The van der Waals surface area contributed by atoms with Crippen LogP contribution in [0.2, 0.25) is 0 Å². The van der Waals surface area contributed by atoms with Crippen LogP contribution < -0.4 is 9.47 Å². The average Bonchev–Trinajstić information content (AvgIpc) is 3.03. The van der Waals surface area contributed by atoms with Gasteiger partial charge in [-0.1, -0.05) is 12.1 Å². The molecule has 2 heterocycles. The minimum atomic E-state index is -0.805. The summed E-state index contributed by atoms with van der Waals surface area (Å²) in [6.45, 7) is 1.09. The van der Waals surface area contributed by atoms with E-state index >= 15 is 0 Å². The van der Waals surface area contributed by atoms with E-state index < -0.39 is 17.7 Å². The summed E-state index contributed by atoms with van der Waals surface area (Å²) in [5.41, 5.74) is 1.00. The summed E-state index contributed by atoms with van der Waals surface area (Å²) in [6, 6.07) is 7.66. The van der Waals surface area contributed by atoms with Gasteiger partial charge in [0.2, 0.25) is 0 Å². The standard InChI is InChI=1S/C23H27N3O5/c1-25(2)13-6-14-26-19(16-7-5-8-17(30-3)22(16)31-4)18(21(28)23(26)29)20(27)15-9-11-24-12-10-15/h5,7-12,19,27H,6,13-14H2,1-4H3/b20-18+/t19-/m0/s1. The number of aromatic nitrogens is 1. The second-order valence-corrected chi connectivity index (χ2v) is 7.47. The number of ketones is 1. The molecule has 164 valence electrons. The lowest BCUT2D eigenvalue weighted by molar-refractivity contribution is -0.140. The number of hydrogen-bond acceptors (Lipinski definition) is 7. The molecule has 0 spiro atoms. The molecule has 1 aromatic carbocycles. The highest BCUT2D eigenvalue weighted by Crippen LogP contribution is 2.45. The maximum atomic E-state index is 13.1. The number of pyridine rings is 1. The van der Waals surface area contributed by atoms with Crippen molar-refractivity contribution >= 4 is 17.4 Å². The number of methoxy groups -OCH3 is 2. The summed E-state index contributed by atoms with van der Waals surface area (Å²) >= 11 is 0. The topological polar surface area (TPSA) is 92.2 Å². The van der Waals surface area contributed by atoms with Crippen LogP contribution >= 0.6 is 0 Å². The molecule has 3 rings (SSSR count). The van der Waals surface area contributed by atoms with Gasteiger partial charge >= 0.3 is 0 Å². The molecule has 0 radical (unpaired) electrons. The van der Waals surface area contributed by atoms with Crippen molar-refractivity contribution < 1.29 is 24.2 Å². The molecule has 1 atom stereocenters. The molecule has 1 aromatic heterocycles. The van der Waals surface area contributed by atoms with Crippen LogP contribution in [0.15, 0.2) is 48.3 Å². The van der Waals surface area contributed by atoms with Crippen molar-refractivity contribution in [2.45, 2.75) is 12.5 Å². The fraction of sp³-hybridized carbons (Fsp3) is 0.348. The number of para-hydroxylation sites is 1. The van der Waals surface area contributed by atoms with Crippen molar-refractivity contribution in [3.8, 4) is 11.5 Å². The van der Waals surface area contributed by atoms with Gasteiger partial charge in [-0.2, -0.15) is 0 Å². The Hall–Kier alpha value is -3.39. The number of aliphatic hydroxyl groups excluding tert-OH is 1. The van der Waals surface area contributed by atoms with Crippen molar-refractivity contribution in [2.75, 3.05) is 41.4 Å². The number of rotatable bonds is 8. The highest BCUT2D eigenvalue weighted by atomic mass is 16.5. The number of aliphatic hydroxyl groups is 1. The van der Waals surface area contributed by atoms with Gasteiger partial charge in [0.1, 0.15) is 5.76 Å². The van der Waals surface area contributed by atoms with Gasteiger partial charge in [-0.25, -0.2) is 0 Å². The minimum Gasteiger partial charge on any atom is -0.507 e. The van der Waals surface area contributed by atoms with Gasteiger partial charge in [-0.05, 0) is 45.3 Å². The van der Waals surface area contributed by atoms with E-state index in [9.17, 15) is 14.7 Å². The summed E-state index contributed by atoms with van der Waals surface area (Å²) in [4.78, 5) is 33.5. The molecular weight excluding hydrogens is 398 g/mol. The molecular formula is C23H27N3O5. The van der Waals surface area contributed by atoms with Gasteiger partial charge < -0.3 is 24.4 Å². The predicted molar refractivity (Wildman–Crippen MR) is 116 cm³/mol. The Bertz CT molecular complexity index is 988. The van der Waals surface area contributed by atoms with Crippen LogP contribution in [0.25, 0.3) is 5.76 Å². The van der Waals surface area contributed by atoms with Crippen LogP contribution in [0.4, 0.5) is 0 Å². The van der Waals surface area contributed by atoms with Crippen LogP contribution in [0, 0.1) is 0 Å². The number of nitrogens with zero attached hydrogens (tertiary/aromatic N) is 3. The van der Waals surface area contributed by atoms with Crippen molar-refractivity contribution in [2.24, 2.45) is 0 Å². The lowest BCUT2D eigenvalue weighted by atomic mass is 9.94. The zero-order valence-corrected chi connectivity index (χ0v) is 18.2. The number of ether oxygens (including phenoxy) is 2. The van der Waals surface area contributed by atoms with Crippen molar-refractivity contribution in [3.05, 3.63) is 59.4 Å². The van der Waals surface area contributed by atoms with Crippen LogP contribution in [-0.4, -0.2) is 73.0 Å². The molecule has 0 unspecified atom stereocenters. The molecule has 2 aromatic rings. The Balaban J connectivity index is 2.18. The zero-order valence-electron chi connectivity index (χ0n) is 18.2. The molecule has 0 saturated carbocycles. The summed E-state index contributed by atoms with van der Waals surface area (Å²) in [5, 5.41) is 11.0. The Labute approximate surface area is 181 Å². The van der Waals surface area contributed by atoms with Crippen LogP contribution in [0.3, 0.4) is 0 Å². The van der Waals surface area contributed by atoms with Crippen LogP contribution in [0.5, 0.6) is 11.5 Å². The molecule has 1 aliphatic rings. The Kier molecular flexibility index (Phi) is 6.91. The number of carbonyl (C=O) groups is 2. The van der Waals surface area contributed by atoms with Gasteiger partial charge in [-0.15, -0.1) is 0 Å². The third-order valence-electron chi connectivity index (χ3n) is 5.23. The minimum absolute atomic E-state index is 0.0209. The zero-order chi connectivity index (χ0) is 22.5. The molecule has 1 amide bonds. The van der Waals surface area contributed by atoms with Gasteiger partial charge in [0, 0.05) is 30.1 Å². The lowest BCUT2D eigenvalue weighted by Crippen LogP contribution is -2.32. The Morgan fingerprint density at radius 3 is 2.45 bits per heavy atom. The van der Waals surface area contributed by atoms with E-state index in [1.165, 1.54) is 31.5 Å². The number of benzene rings is 1. The molecule has 8 heteroatoms. The molecule has 1 N–H and O–H groups in total. The van der Waals surface area contributed by atoms with Gasteiger partial charge in [0.15, 0.2) is 11.5 Å². The number of carbonyl (C=O) groups excluding carboxylic acids is 2. The van der Waals surface area contributed by atoms with Crippen LogP contribution in [0.1, 0.15) is 23.6 Å². The van der Waals surface area contributed by atoms with E-state index in [0.717, 1.165) is 6.54 Å². The first-order valence-corrected chi connectivity index (χ1v) is 9.95. The summed E-state index contributed by atoms with van der Waals surface area (Å²) < 4.78 is 11.0. The number of amides is 1. The second-order valence-electron chi connectivity index (χ2n) is 7.47. The lowest BCUT2D eigenvalue weighted by Gasteiger charge is -2.27. The molecule has 8 nitrogen and oxygen atoms in total. The maximum absolute atomic E-state index is 13.1.